The molecule has 0 bridgehead atoms. The van der Waals surface area contributed by atoms with Gasteiger partial charge in [0.25, 0.3) is 0 Å². The van der Waals surface area contributed by atoms with E-state index in [-0.39, 0.29) is 17.4 Å². The SMILES string of the molecule is C=C.CC(C)C(C)(C)[Si]OCC(=O)CCCCBr. The standard InChI is InChI=1S/C12H23BrO2Si.C2H4/c1-10(2)12(3,4)16-15-9-11(14)7-5-6-8-13;1-2/h10H,5-9H2,1-4H3;1-2H2. The van der Waals surface area contributed by atoms with E-state index >= 15 is 0 Å². The first-order chi connectivity index (χ1) is 8.40. The van der Waals surface area contributed by atoms with E-state index in [9.17, 15) is 4.79 Å². The summed E-state index contributed by atoms with van der Waals surface area (Å²) in [5.74, 6) is 0.808. The minimum atomic E-state index is 0.177. The maximum atomic E-state index is 11.4. The Kier molecular flexibility index (Phi) is 13.7. The van der Waals surface area contributed by atoms with Crippen LogP contribution in [-0.4, -0.2) is 27.5 Å². The minimum absolute atomic E-state index is 0.177. The maximum absolute atomic E-state index is 11.4. The predicted octanol–water partition coefficient (Wildman–Crippen LogP) is 4.41. The Morgan fingerprint density at radius 1 is 1.33 bits per heavy atom. The summed E-state index contributed by atoms with van der Waals surface area (Å²) in [6.07, 6.45) is 2.67. The van der Waals surface area contributed by atoms with Crippen molar-refractivity contribution in [3.63, 3.8) is 0 Å². The van der Waals surface area contributed by atoms with Gasteiger partial charge in [0.05, 0.1) is 6.61 Å². The Bertz CT molecular complexity index is 218. The second kappa shape index (κ2) is 12.1. The molecule has 0 aromatic carbocycles. The lowest BCUT2D eigenvalue weighted by Crippen LogP contribution is -2.24. The van der Waals surface area contributed by atoms with Crippen molar-refractivity contribution in [1.29, 1.82) is 0 Å². The Morgan fingerprint density at radius 3 is 2.33 bits per heavy atom. The van der Waals surface area contributed by atoms with Crippen LogP contribution < -0.4 is 0 Å². The van der Waals surface area contributed by atoms with E-state index in [0.29, 0.717) is 22.1 Å². The molecule has 0 saturated carbocycles. The topological polar surface area (TPSA) is 26.3 Å². The van der Waals surface area contributed by atoms with Gasteiger partial charge >= 0.3 is 0 Å². The van der Waals surface area contributed by atoms with Crippen molar-refractivity contribution in [3.05, 3.63) is 13.2 Å². The fourth-order valence-electron chi connectivity index (χ4n) is 0.909. The van der Waals surface area contributed by atoms with Gasteiger partial charge in [-0.25, -0.2) is 0 Å². The molecule has 0 saturated heterocycles. The lowest BCUT2D eigenvalue weighted by Gasteiger charge is -2.26. The Hall–Kier alpha value is 0.0669. The molecule has 0 aliphatic carbocycles. The van der Waals surface area contributed by atoms with Gasteiger partial charge in [0.1, 0.15) is 0 Å². The van der Waals surface area contributed by atoms with Crippen LogP contribution in [0.5, 0.6) is 0 Å². The zero-order chi connectivity index (χ0) is 14.6. The molecule has 0 atom stereocenters. The summed E-state index contributed by atoms with van der Waals surface area (Å²) in [6.45, 7) is 15.0. The fourth-order valence-corrected chi connectivity index (χ4v) is 2.15. The number of hydrogen-bond donors (Lipinski definition) is 0. The second-order valence-corrected chi connectivity index (χ2v) is 7.53. The first kappa shape index (κ1) is 20.4. The third kappa shape index (κ3) is 11.2. The number of unbranched alkanes of at least 4 members (excludes halogenated alkanes) is 1. The summed E-state index contributed by atoms with van der Waals surface area (Å²) >= 11 is 3.35. The van der Waals surface area contributed by atoms with E-state index < -0.39 is 0 Å². The number of rotatable bonds is 9. The number of hydrogen-bond acceptors (Lipinski definition) is 2. The quantitative estimate of drug-likeness (QED) is 0.270. The van der Waals surface area contributed by atoms with Crippen LogP contribution in [0, 0.1) is 5.92 Å². The molecular weight excluding hydrogens is 308 g/mol. The monoisotopic (exact) mass is 334 g/mol. The molecule has 0 N–H and O–H groups in total. The van der Waals surface area contributed by atoms with Crippen LogP contribution in [-0.2, 0) is 9.22 Å². The summed E-state index contributed by atoms with van der Waals surface area (Å²) in [5.41, 5.74) is 0. The van der Waals surface area contributed by atoms with Crippen LogP contribution in [0.2, 0.25) is 5.04 Å². The third-order valence-corrected chi connectivity index (χ3v) is 4.80. The number of carbonyl (C=O) groups excluding carboxylic acids is 1. The predicted molar refractivity (Wildman–Crippen MR) is 84.5 cm³/mol. The molecule has 0 amide bonds. The Morgan fingerprint density at radius 2 is 1.89 bits per heavy atom. The highest BCUT2D eigenvalue weighted by molar-refractivity contribution is 9.09. The molecule has 0 heterocycles. The number of ketones is 1. The molecule has 2 nitrogen and oxygen atoms in total. The van der Waals surface area contributed by atoms with Gasteiger partial charge < -0.3 is 4.43 Å². The average Bonchev–Trinajstić information content (AvgIpc) is 2.31. The third-order valence-electron chi connectivity index (χ3n) is 2.85. The molecule has 0 aliphatic rings. The molecule has 0 rings (SSSR count). The molecule has 18 heavy (non-hydrogen) atoms. The highest BCUT2D eigenvalue weighted by Crippen LogP contribution is 2.32. The summed E-state index contributed by atoms with van der Waals surface area (Å²) in [5, 5.41) is 1.15. The largest absolute Gasteiger partial charge is 0.410 e. The van der Waals surface area contributed by atoms with Crippen LogP contribution in [0.15, 0.2) is 13.2 Å². The minimum Gasteiger partial charge on any atom is -0.410 e. The molecule has 0 aromatic heterocycles. The van der Waals surface area contributed by atoms with Crippen molar-refractivity contribution >= 4 is 31.5 Å². The summed E-state index contributed by atoms with van der Waals surface area (Å²) in [6, 6.07) is 0. The van der Waals surface area contributed by atoms with Crippen molar-refractivity contribution in [2.24, 2.45) is 5.92 Å². The van der Waals surface area contributed by atoms with Crippen molar-refractivity contribution in [2.75, 3.05) is 11.9 Å². The van der Waals surface area contributed by atoms with Crippen LogP contribution in [0.25, 0.3) is 0 Å². The zero-order valence-corrected chi connectivity index (χ0v) is 14.8. The van der Waals surface area contributed by atoms with Gasteiger partial charge in [-0.05, 0) is 23.8 Å². The molecule has 2 radical (unpaired) electrons. The van der Waals surface area contributed by atoms with Crippen molar-refractivity contribution < 1.29 is 9.22 Å². The summed E-state index contributed by atoms with van der Waals surface area (Å²) in [4.78, 5) is 11.4. The van der Waals surface area contributed by atoms with Crippen LogP contribution in [0.4, 0.5) is 0 Å². The highest BCUT2D eigenvalue weighted by Gasteiger charge is 2.24. The molecule has 0 aliphatic heterocycles. The van der Waals surface area contributed by atoms with E-state index in [1.54, 1.807) is 0 Å². The first-order valence-corrected chi connectivity index (χ1v) is 8.39. The second-order valence-electron chi connectivity index (χ2n) is 4.95. The van der Waals surface area contributed by atoms with Gasteiger partial charge in [-0.1, -0.05) is 43.6 Å². The van der Waals surface area contributed by atoms with Gasteiger partial charge in [-0.15, -0.1) is 13.2 Å². The van der Waals surface area contributed by atoms with Crippen LogP contribution >= 0.6 is 15.9 Å². The zero-order valence-electron chi connectivity index (χ0n) is 12.2. The number of alkyl halides is 1. The van der Waals surface area contributed by atoms with Gasteiger partial charge in [-0.2, -0.15) is 0 Å². The van der Waals surface area contributed by atoms with E-state index in [1.807, 2.05) is 0 Å². The van der Waals surface area contributed by atoms with Crippen molar-refractivity contribution in [1.82, 2.24) is 0 Å². The molecular formula is C14H27BrO2Si. The lowest BCUT2D eigenvalue weighted by atomic mass is 9.99. The number of carbonyl (C=O) groups is 1. The van der Waals surface area contributed by atoms with Crippen molar-refractivity contribution in [2.45, 2.75) is 52.0 Å². The van der Waals surface area contributed by atoms with E-state index in [1.165, 1.54) is 0 Å². The lowest BCUT2D eigenvalue weighted by molar-refractivity contribution is -0.121. The van der Waals surface area contributed by atoms with Gasteiger partial charge in [0, 0.05) is 11.8 Å². The molecule has 4 heteroatoms. The summed E-state index contributed by atoms with van der Waals surface area (Å²) < 4.78 is 5.52. The van der Waals surface area contributed by atoms with Crippen molar-refractivity contribution in [3.8, 4) is 0 Å². The Balaban J connectivity index is 0. The molecule has 106 valence electrons. The molecule has 0 unspecified atom stereocenters. The maximum Gasteiger partial charge on any atom is 0.236 e. The number of halogens is 1. The average molecular weight is 335 g/mol. The number of Topliss-reactive ketones (excluding diaryl/α,β-unsaturated/α-hetero) is 1. The fraction of sp³-hybridized carbons (Fsp3) is 0.786. The van der Waals surface area contributed by atoms with Crippen LogP contribution in [0.3, 0.4) is 0 Å². The van der Waals surface area contributed by atoms with Crippen LogP contribution in [0.1, 0.15) is 47.0 Å². The van der Waals surface area contributed by atoms with E-state index in [4.69, 9.17) is 4.43 Å². The van der Waals surface area contributed by atoms with E-state index in [0.717, 1.165) is 18.2 Å². The molecule has 0 aromatic rings. The van der Waals surface area contributed by atoms with Gasteiger partial charge in [0.15, 0.2) is 5.78 Å². The van der Waals surface area contributed by atoms with Gasteiger partial charge in [-0.3, -0.25) is 4.79 Å². The first-order valence-electron chi connectivity index (χ1n) is 6.36. The smallest absolute Gasteiger partial charge is 0.236 e. The normalized spacial score (nSPS) is 11.0. The van der Waals surface area contributed by atoms with Gasteiger partial charge in [0.2, 0.25) is 9.76 Å². The molecule has 0 fully saturated rings. The van der Waals surface area contributed by atoms with E-state index in [2.05, 4.69) is 56.8 Å². The molecule has 0 spiro atoms. The Labute approximate surface area is 124 Å². The highest BCUT2D eigenvalue weighted by atomic mass is 79.9. The summed E-state index contributed by atoms with van der Waals surface area (Å²) in [7, 11) is 0.407.